The number of nitrogens with zero attached hydrogens (tertiary/aromatic N) is 1. The largest absolute Gasteiger partial charge is 0.371 e. The molecule has 0 spiro atoms. The Bertz CT molecular complexity index is 427. The highest BCUT2D eigenvalue weighted by Crippen LogP contribution is 2.29. The van der Waals surface area contributed by atoms with Gasteiger partial charge in [0, 0.05) is 25.3 Å². The zero-order chi connectivity index (χ0) is 14.5. The van der Waals surface area contributed by atoms with Gasteiger partial charge in [-0.15, -0.1) is 0 Å². The van der Waals surface area contributed by atoms with Crippen LogP contribution in [0, 0.1) is 18.8 Å². The smallest absolute Gasteiger partial charge is 0.0412 e. The van der Waals surface area contributed by atoms with Gasteiger partial charge in [0.2, 0.25) is 0 Å². The Morgan fingerprint density at radius 3 is 2.75 bits per heavy atom. The number of hydrogen-bond acceptors (Lipinski definition) is 2. The molecular formula is C18H30N2. The molecule has 0 aliphatic carbocycles. The van der Waals surface area contributed by atoms with E-state index in [1.54, 1.807) is 0 Å². The predicted octanol–water partition coefficient (Wildman–Crippen LogP) is 3.98. The molecule has 2 unspecified atom stereocenters. The fourth-order valence-corrected chi connectivity index (χ4v) is 3.05. The summed E-state index contributed by atoms with van der Waals surface area (Å²) in [5, 5.41) is 3.55. The number of nitrogens with one attached hydrogen (secondary N) is 1. The molecule has 1 fully saturated rings. The lowest BCUT2D eigenvalue weighted by Crippen LogP contribution is -2.39. The predicted molar refractivity (Wildman–Crippen MR) is 88.3 cm³/mol. The van der Waals surface area contributed by atoms with Gasteiger partial charge in [0.05, 0.1) is 0 Å². The van der Waals surface area contributed by atoms with Crippen molar-refractivity contribution in [2.75, 3.05) is 24.5 Å². The van der Waals surface area contributed by atoms with Gasteiger partial charge in [-0.2, -0.15) is 0 Å². The summed E-state index contributed by atoms with van der Waals surface area (Å²) in [4.78, 5) is 2.59. The molecule has 1 saturated heterocycles. The molecule has 20 heavy (non-hydrogen) atoms. The molecule has 2 heteroatoms. The summed E-state index contributed by atoms with van der Waals surface area (Å²) >= 11 is 0. The van der Waals surface area contributed by atoms with Gasteiger partial charge in [0.1, 0.15) is 0 Å². The second kappa shape index (κ2) is 7.12. The Morgan fingerprint density at radius 2 is 2.05 bits per heavy atom. The Kier molecular flexibility index (Phi) is 5.47. The van der Waals surface area contributed by atoms with Crippen molar-refractivity contribution in [3.63, 3.8) is 0 Å². The molecule has 0 saturated carbocycles. The Morgan fingerprint density at radius 1 is 1.25 bits per heavy atom. The van der Waals surface area contributed by atoms with Crippen molar-refractivity contribution in [1.82, 2.24) is 5.32 Å². The summed E-state index contributed by atoms with van der Waals surface area (Å²) in [6.45, 7) is 13.7. The molecule has 2 atom stereocenters. The molecule has 1 N–H and O–H groups in total. The SMILES string of the molecule is CCCNCc1cc(C)ccc1N1CCC(C)C(C)C1. The Hall–Kier alpha value is -1.02. The van der Waals surface area contributed by atoms with Gasteiger partial charge in [-0.1, -0.05) is 38.5 Å². The standard InChI is InChI=1S/C18H30N2/c1-5-9-19-12-17-11-14(2)6-7-18(17)20-10-8-15(3)16(4)13-20/h6-7,11,15-16,19H,5,8-10,12-13H2,1-4H3. The third-order valence-electron chi connectivity index (χ3n) is 4.65. The summed E-state index contributed by atoms with van der Waals surface area (Å²) < 4.78 is 0. The number of benzene rings is 1. The minimum absolute atomic E-state index is 0.793. The van der Waals surface area contributed by atoms with Crippen molar-refractivity contribution in [3.05, 3.63) is 29.3 Å². The normalized spacial score (nSPS) is 23.1. The van der Waals surface area contributed by atoms with Crippen molar-refractivity contribution in [2.24, 2.45) is 11.8 Å². The van der Waals surface area contributed by atoms with Crippen LogP contribution >= 0.6 is 0 Å². The maximum atomic E-state index is 3.55. The number of piperidine rings is 1. The van der Waals surface area contributed by atoms with Crippen LogP contribution in [0.25, 0.3) is 0 Å². The van der Waals surface area contributed by atoms with Crippen LogP contribution in [0.4, 0.5) is 5.69 Å². The van der Waals surface area contributed by atoms with E-state index in [0.717, 1.165) is 24.9 Å². The van der Waals surface area contributed by atoms with Crippen LogP contribution in [0.5, 0.6) is 0 Å². The van der Waals surface area contributed by atoms with E-state index < -0.39 is 0 Å². The van der Waals surface area contributed by atoms with Gasteiger partial charge in [0.15, 0.2) is 0 Å². The van der Waals surface area contributed by atoms with Crippen LogP contribution in [-0.2, 0) is 6.54 Å². The van der Waals surface area contributed by atoms with E-state index in [-0.39, 0.29) is 0 Å². The Balaban J connectivity index is 2.13. The third kappa shape index (κ3) is 3.76. The monoisotopic (exact) mass is 274 g/mol. The van der Waals surface area contributed by atoms with Crippen LogP contribution in [0.3, 0.4) is 0 Å². The van der Waals surface area contributed by atoms with E-state index in [1.165, 1.54) is 42.7 Å². The first-order chi connectivity index (χ1) is 9.61. The molecule has 1 aromatic carbocycles. The van der Waals surface area contributed by atoms with Crippen molar-refractivity contribution < 1.29 is 0 Å². The zero-order valence-corrected chi connectivity index (χ0v) is 13.6. The average Bonchev–Trinajstić information content (AvgIpc) is 2.43. The zero-order valence-electron chi connectivity index (χ0n) is 13.6. The minimum atomic E-state index is 0.793. The highest BCUT2D eigenvalue weighted by atomic mass is 15.1. The summed E-state index contributed by atoms with van der Waals surface area (Å²) in [5.41, 5.74) is 4.26. The highest BCUT2D eigenvalue weighted by molar-refractivity contribution is 5.55. The number of aryl methyl sites for hydroxylation is 1. The van der Waals surface area contributed by atoms with Crippen LogP contribution in [0.1, 0.15) is 44.7 Å². The van der Waals surface area contributed by atoms with Gasteiger partial charge in [-0.3, -0.25) is 0 Å². The van der Waals surface area contributed by atoms with E-state index in [1.807, 2.05) is 0 Å². The molecule has 0 amide bonds. The summed E-state index contributed by atoms with van der Waals surface area (Å²) in [6.07, 6.45) is 2.51. The second-order valence-electron chi connectivity index (χ2n) is 6.50. The number of anilines is 1. The molecule has 0 bridgehead atoms. The molecule has 1 aliphatic heterocycles. The third-order valence-corrected chi connectivity index (χ3v) is 4.65. The van der Waals surface area contributed by atoms with Crippen molar-refractivity contribution >= 4 is 5.69 Å². The lowest BCUT2D eigenvalue weighted by atomic mass is 9.88. The van der Waals surface area contributed by atoms with Crippen molar-refractivity contribution in [2.45, 2.75) is 47.1 Å². The topological polar surface area (TPSA) is 15.3 Å². The molecule has 2 nitrogen and oxygen atoms in total. The van der Waals surface area contributed by atoms with Gasteiger partial charge in [0.25, 0.3) is 0 Å². The van der Waals surface area contributed by atoms with Crippen LogP contribution in [0.2, 0.25) is 0 Å². The van der Waals surface area contributed by atoms with E-state index in [4.69, 9.17) is 0 Å². The van der Waals surface area contributed by atoms with Crippen LogP contribution in [0.15, 0.2) is 18.2 Å². The van der Waals surface area contributed by atoms with Gasteiger partial charge < -0.3 is 10.2 Å². The molecule has 1 aliphatic rings. The lowest BCUT2D eigenvalue weighted by molar-refractivity contribution is 0.323. The first kappa shape index (κ1) is 15.4. The van der Waals surface area contributed by atoms with E-state index in [2.05, 4.69) is 56.1 Å². The van der Waals surface area contributed by atoms with Crippen LogP contribution in [-0.4, -0.2) is 19.6 Å². The fraction of sp³-hybridized carbons (Fsp3) is 0.667. The quantitative estimate of drug-likeness (QED) is 0.817. The number of hydrogen-bond donors (Lipinski definition) is 1. The minimum Gasteiger partial charge on any atom is -0.371 e. The molecule has 0 aromatic heterocycles. The summed E-state index contributed by atoms with van der Waals surface area (Å²) in [7, 11) is 0. The molecule has 0 radical (unpaired) electrons. The fourth-order valence-electron chi connectivity index (χ4n) is 3.05. The first-order valence-electron chi connectivity index (χ1n) is 8.17. The summed E-state index contributed by atoms with van der Waals surface area (Å²) in [6, 6.07) is 6.92. The number of rotatable bonds is 5. The molecule has 1 aromatic rings. The highest BCUT2D eigenvalue weighted by Gasteiger charge is 2.23. The van der Waals surface area contributed by atoms with E-state index >= 15 is 0 Å². The van der Waals surface area contributed by atoms with Gasteiger partial charge in [-0.05, 0) is 49.8 Å². The lowest BCUT2D eigenvalue weighted by Gasteiger charge is -2.38. The maximum Gasteiger partial charge on any atom is 0.0412 e. The van der Waals surface area contributed by atoms with Crippen molar-refractivity contribution in [3.8, 4) is 0 Å². The Labute approximate surface area is 124 Å². The van der Waals surface area contributed by atoms with Crippen LogP contribution < -0.4 is 10.2 Å². The van der Waals surface area contributed by atoms with Gasteiger partial charge >= 0.3 is 0 Å². The summed E-state index contributed by atoms with van der Waals surface area (Å²) in [5.74, 6) is 1.65. The molecule has 112 valence electrons. The first-order valence-corrected chi connectivity index (χ1v) is 8.17. The van der Waals surface area contributed by atoms with E-state index in [0.29, 0.717) is 0 Å². The average molecular weight is 274 g/mol. The van der Waals surface area contributed by atoms with Gasteiger partial charge in [-0.25, -0.2) is 0 Å². The molecule has 2 rings (SSSR count). The maximum absolute atomic E-state index is 3.55. The second-order valence-corrected chi connectivity index (χ2v) is 6.50. The molecular weight excluding hydrogens is 244 g/mol. The van der Waals surface area contributed by atoms with E-state index in [9.17, 15) is 0 Å². The molecule has 1 heterocycles. The van der Waals surface area contributed by atoms with Crippen molar-refractivity contribution in [1.29, 1.82) is 0 Å².